The Hall–Kier alpha value is -1.33. The Bertz CT molecular complexity index is 370. The van der Waals surface area contributed by atoms with Gasteiger partial charge in [0.1, 0.15) is 0 Å². The normalized spacial score (nSPS) is 20.2. The first-order chi connectivity index (χ1) is 8.24. The molecule has 1 aromatic heterocycles. The zero-order chi connectivity index (χ0) is 12.1. The average Bonchev–Trinajstić information content (AvgIpc) is 2.74. The number of amides is 1. The first kappa shape index (κ1) is 12.1. The second-order valence-electron chi connectivity index (χ2n) is 4.39. The molecule has 94 valence electrons. The summed E-state index contributed by atoms with van der Waals surface area (Å²) >= 11 is 0. The van der Waals surface area contributed by atoms with Crippen molar-refractivity contribution >= 4 is 5.91 Å². The number of aryl methyl sites for hydroxylation is 1. The van der Waals surface area contributed by atoms with Crippen LogP contribution in [-0.2, 0) is 23.1 Å². The second-order valence-corrected chi connectivity index (χ2v) is 4.39. The van der Waals surface area contributed by atoms with Crippen molar-refractivity contribution in [3.05, 3.63) is 24.0 Å². The zero-order valence-corrected chi connectivity index (χ0v) is 10.1. The van der Waals surface area contributed by atoms with E-state index in [9.17, 15) is 4.79 Å². The molecule has 1 amide bonds. The van der Waals surface area contributed by atoms with Gasteiger partial charge in [0.2, 0.25) is 5.91 Å². The van der Waals surface area contributed by atoms with Crippen molar-refractivity contribution in [3.8, 4) is 0 Å². The summed E-state index contributed by atoms with van der Waals surface area (Å²) in [6.07, 6.45) is 4.45. The molecular formula is C12H19N3O2. The van der Waals surface area contributed by atoms with Crippen molar-refractivity contribution in [2.45, 2.75) is 19.0 Å². The third-order valence-electron chi connectivity index (χ3n) is 2.81. The van der Waals surface area contributed by atoms with Crippen LogP contribution < -0.4 is 10.6 Å². The third-order valence-corrected chi connectivity index (χ3v) is 2.81. The van der Waals surface area contributed by atoms with E-state index in [-0.39, 0.29) is 11.9 Å². The molecule has 5 heteroatoms. The maximum atomic E-state index is 11.7. The molecule has 1 aliphatic rings. The van der Waals surface area contributed by atoms with E-state index >= 15 is 0 Å². The number of carbonyl (C=O) groups excluding carboxylic acids is 1. The molecule has 0 spiro atoms. The first-order valence-corrected chi connectivity index (χ1v) is 5.93. The molecule has 2 rings (SSSR count). The van der Waals surface area contributed by atoms with E-state index in [4.69, 9.17) is 4.74 Å². The summed E-state index contributed by atoms with van der Waals surface area (Å²) in [6.45, 7) is 2.78. The Morgan fingerprint density at radius 2 is 2.59 bits per heavy atom. The average molecular weight is 237 g/mol. The van der Waals surface area contributed by atoms with Crippen LogP contribution in [0.1, 0.15) is 12.0 Å². The molecule has 1 aromatic rings. The van der Waals surface area contributed by atoms with Gasteiger partial charge < -0.3 is 19.9 Å². The van der Waals surface area contributed by atoms with E-state index in [1.165, 1.54) is 0 Å². The van der Waals surface area contributed by atoms with Gasteiger partial charge in [0.25, 0.3) is 0 Å². The molecule has 0 bridgehead atoms. The molecule has 2 heterocycles. The van der Waals surface area contributed by atoms with Gasteiger partial charge in [-0.15, -0.1) is 0 Å². The second kappa shape index (κ2) is 5.84. The lowest BCUT2D eigenvalue weighted by molar-refractivity contribution is -0.122. The number of hydrogen-bond donors (Lipinski definition) is 2. The number of carbonyl (C=O) groups is 1. The number of hydrogen-bond acceptors (Lipinski definition) is 3. The van der Waals surface area contributed by atoms with Crippen LogP contribution in [0.4, 0.5) is 0 Å². The van der Waals surface area contributed by atoms with Crippen LogP contribution in [0, 0.1) is 0 Å². The van der Waals surface area contributed by atoms with E-state index in [0.29, 0.717) is 19.6 Å². The van der Waals surface area contributed by atoms with Crippen LogP contribution in [0.2, 0.25) is 0 Å². The molecular weight excluding hydrogens is 218 g/mol. The standard InChI is InChI=1S/C12H19N3O2/c1-15-4-2-10(8-15)7-14-12(16)6-11-9-17-5-3-13-11/h2,4,8,11,13H,3,5-7,9H2,1H3,(H,14,16). The van der Waals surface area contributed by atoms with Crippen molar-refractivity contribution in [1.29, 1.82) is 0 Å². The van der Waals surface area contributed by atoms with Crippen LogP contribution in [0.5, 0.6) is 0 Å². The van der Waals surface area contributed by atoms with E-state index in [2.05, 4.69) is 10.6 Å². The molecule has 1 unspecified atom stereocenters. The van der Waals surface area contributed by atoms with E-state index < -0.39 is 0 Å². The molecule has 1 atom stereocenters. The molecule has 1 saturated heterocycles. The van der Waals surface area contributed by atoms with Crippen molar-refractivity contribution in [3.63, 3.8) is 0 Å². The van der Waals surface area contributed by atoms with Gasteiger partial charge in [-0.25, -0.2) is 0 Å². The van der Waals surface area contributed by atoms with Gasteiger partial charge in [-0.2, -0.15) is 0 Å². The smallest absolute Gasteiger partial charge is 0.221 e. The lowest BCUT2D eigenvalue weighted by Crippen LogP contribution is -2.44. The van der Waals surface area contributed by atoms with Crippen molar-refractivity contribution in [2.24, 2.45) is 7.05 Å². The highest BCUT2D eigenvalue weighted by Gasteiger charge is 2.16. The lowest BCUT2D eigenvalue weighted by atomic mass is 10.2. The summed E-state index contributed by atoms with van der Waals surface area (Å²) in [5, 5.41) is 6.17. The maximum absolute atomic E-state index is 11.7. The molecule has 0 radical (unpaired) electrons. The number of rotatable bonds is 4. The van der Waals surface area contributed by atoms with Gasteiger partial charge >= 0.3 is 0 Å². The molecule has 0 saturated carbocycles. The minimum absolute atomic E-state index is 0.0665. The number of morpholine rings is 1. The van der Waals surface area contributed by atoms with Crippen molar-refractivity contribution in [1.82, 2.24) is 15.2 Å². The quantitative estimate of drug-likeness (QED) is 0.776. The molecule has 1 aliphatic heterocycles. The topological polar surface area (TPSA) is 55.3 Å². The summed E-state index contributed by atoms with van der Waals surface area (Å²) < 4.78 is 7.27. The first-order valence-electron chi connectivity index (χ1n) is 5.93. The highest BCUT2D eigenvalue weighted by molar-refractivity contribution is 5.76. The predicted octanol–water partition coefficient (Wildman–Crippen LogP) is 0.0198. The van der Waals surface area contributed by atoms with Crippen molar-refractivity contribution in [2.75, 3.05) is 19.8 Å². The van der Waals surface area contributed by atoms with Gasteiger partial charge in [-0.3, -0.25) is 4.79 Å². The van der Waals surface area contributed by atoms with E-state index in [0.717, 1.165) is 18.7 Å². The SMILES string of the molecule is Cn1ccc(CNC(=O)CC2COCCN2)c1. The fourth-order valence-electron chi connectivity index (χ4n) is 1.91. The van der Waals surface area contributed by atoms with Gasteiger partial charge in [0.05, 0.1) is 13.2 Å². The molecule has 2 N–H and O–H groups in total. The lowest BCUT2D eigenvalue weighted by Gasteiger charge is -2.23. The molecule has 5 nitrogen and oxygen atoms in total. The van der Waals surface area contributed by atoms with Gasteiger partial charge in [0.15, 0.2) is 0 Å². The summed E-state index contributed by atoms with van der Waals surface area (Å²) in [6, 6.07) is 2.15. The van der Waals surface area contributed by atoms with Crippen LogP contribution in [0.3, 0.4) is 0 Å². The predicted molar refractivity (Wildman–Crippen MR) is 64.5 cm³/mol. The zero-order valence-electron chi connectivity index (χ0n) is 10.1. The fraction of sp³-hybridized carbons (Fsp3) is 0.583. The molecule has 1 fully saturated rings. The highest BCUT2D eigenvalue weighted by Crippen LogP contribution is 2.01. The number of ether oxygens (including phenoxy) is 1. The van der Waals surface area contributed by atoms with Crippen LogP contribution in [0.25, 0.3) is 0 Å². The number of aromatic nitrogens is 1. The Kier molecular flexibility index (Phi) is 4.17. The third kappa shape index (κ3) is 3.87. The largest absolute Gasteiger partial charge is 0.378 e. The Balaban J connectivity index is 1.70. The number of nitrogens with zero attached hydrogens (tertiary/aromatic N) is 1. The minimum atomic E-state index is 0.0665. The Morgan fingerprint density at radius 3 is 3.24 bits per heavy atom. The van der Waals surface area contributed by atoms with E-state index in [1.54, 1.807) is 0 Å². The molecule has 0 aromatic carbocycles. The summed E-state index contributed by atoms with van der Waals surface area (Å²) in [4.78, 5) is 11.7. The van der Waals surface area contributed by atoms with Crippen LogP contribution in [-0.4, -0.2) is 36.3 Å². The Morgan fingerprint density at radius 1 is 1.71 bits per heavy atom. The summed E-state index contributed by atoms with van der Waals surface area (Å²) in [5.74, 6) is 0.0665. The molecule has 17 heavy (non-hydrogen) atoms. The maximum Gasteiger partial charge on any atom is 0.221 e. The fourth-order valence-corrected chi connectivity index (χ4v) is 1.91. The minimum Gasteiger partial charge on any atom is -0.378 e. The molecule has 0 aliphatic carbocycles. The van der Waals surface area contributed by atoms with Crippen molar-refractivity contribution < 1.29 is 9.53 Å². The van der Waals surface area contributed by atoms with Crippen LogP contribution in [0.15, 0.2) is 18.5 Å². The van der Waals surface area contributed by atoms with Gasteiger partial charge in [-0.05, 0) is 11.6 Å². The summed E-state index contributed by atoms with van der Waals surface area (Å²) in [7, 11) is 1.97. The van der Waals surface area contributed by atoms with Gasteiger partial charge in [-0.1, -0.05) is 0 Å². The van der Waals surface area contributed by atoms with Crippen LogP contribution >= 0.6 is 0 Å². The summed E-state index contributed by atoms with van der Waals surface area (Å²) in [5.41, 5.74) is 1.12. The van der Waals surface area contributed by atoms with Gasteiger partial charge in [0, 0.05) is 45.0 Å². The Labute approximate surface area is 101 Å². The monoisotopic (exact) mass is 237 g/mol. The highest BCUT2D eigenvalue weighted by atomic mass is 16.5. The van der Waals surface area contributed by atoms with E-state index in [1.807, 2.05) is 30.1 Å². The number of nitrogens with one attached hydrogen (secondary N) is 2.